The Labute approximate surface area is 141 Å². The van der Waals surface area contributed by atoms with Crippen molar-refractivity contribution in [2.24, 2.45) is 0 Å². The molecular formula is C18H23FN4O. The molecule has 1 saturated heterocycles. The van der Waals surface area contributed by atoms with Crippen LogP contribution in [0.1, 0.15) is 36.7 Å². The predicted octanol–water partition coefficient (Wildman–Crippen LogP) is 3.79. The fraction of sp³-hybridized carbons (Fsp3) is 0.444. The summed E-state index contributed by atoms with van der Waals surface area (Å²) in [6.45, 7) is 6.51. The van der Waals surface area contributed by atoms with Crippen LogP contribution >= 0.6 is 0 Å². The molecule has 6 heteroatoms. The third-order valence-electron chi connectivity index (χ3n) is 4.83. The molecule has 0 bridgehead atoms. The predicted molar refractivity (Wildman–Crippen MR) is 91.5 cm³/mol. The van der Waals surface area contributed by atoms with Crippen LogP contribution in [0.3, 0.4) is 0 Å². The van der Waals surface area contributed by atoms with Gasteiger partial charge >= 0.3 is 6.03 Å². The molecule has 1 unspecified atom stereocenters. The van der Waals surface area contributed by atoms with E-state index in [1.165, 1.54) is 6.07 Å². The van der Waals surface area contributed by atoms with Gasteiger partial charge in [0.25, 0.3) is 0 Å². The van der Waals surface area contributed by atoms with Gasteiger partial charge in [-0.3, -0.25) is 5.10 Å². The zero-order chi connectivity index (χ0) is 17.3. The number of urea groups is 1. The first-order chi connectivity index (χ1) is 11.4. The van der Waals surface area contributed by atoms with Crippen LogP contribution in [0.15, 0.2) is 24.3 Å². The van der Waals surface area contributed by atoms with Crippen molar-refractivity contribution in [2.45, 2.75) is 45.6 Å². The van der Waals surface area contributed by atoms with E-state index in [-0.39, 0.29) is 17.4 Å². The van der Waals surface area contributed by atoms with Crippen LogP contribution in [-0.2, 0) is 6.42 Å². The number of anilines is 1. The van der Waals surface area contributed by atoms with Crippen LogP contribution in [0.5, 0.6) is 0 Å². The number of aromatic amines is 1. The first-order valence-corrected chi connectivity index (χ1v) is 8.24. The van der Waals surface area contributed by atoms with Crippen molar-refractivity contribution in [2.75, 3.05) is 11.9 Å². The summed E-state index contributed by atoms with van der Waals surface area (Å²) in [5, 5.41) is 9.96. The van der Waals surface area contributed by atoms with E-state index in [1.807, 2.05) is 24.8 Å². The Morgan fingerprint density at radius 2 is 2.25 bits per heavy atom. The fourth-order valence-corrected chi connectivity index (χ4v) is 3.55. The number of likely N-dealkylation sites (tertiary alicyclic amines) is 1. The van der Waals surface area contributed by atoms with Crippen LogP contribution in [0.25, 0.3) is 0 Å². The summed E-state index contributed by atoms with van der Waals surface area (Å²) in [6, 6.07) is 6.48. The van der Waals surface area contributed by atoms with Gasteiger partial charge in [-0.05, 0) is 57.7 Å². The van der Waals surface area contributed by atoms with Gasteiger partial charge in [-0.25, -0.2) is 9.18 Å². The van der Waals surface area contributed by atoms with Gasteiger partial charge in [0, 0.05) is 12.1 Å². The lowest BCUT2D eigenvalue weighted by molar-refractivity contribution is 0.168. The zero-order valence-electron chi connectivity index (χ0n) is 14.3. The quantitative estimate of drug-likeness (QED) is 0.899. The number of halogens is 1. The lowest BCUT2D eigenvalue weighted by Gasteiger charge is -2.35. The Hall–Kier alpha value is -2.37. The smallest absolute Gasteiger partial charge is 0.319 e. The van der Waals surface area contributed by atoms with Gasteiger partial charge in [-0.1, -0.05) is 12.1 Å². The maximum Gasteiger partial charge on any atom is 0.322 e. The minimum atomic E-state index is -0.316. The van der Waals surface area contributed by atoms with Gasteiger partial charge in [0.1, 0.15) is 5.82 Å². The van der Waals surface area contributed by atoms with E-state index in [0.717, 1.165) is 35.5 Å². The van der Waals surface area contributed by atoms with Crippen molar-refractivity contribution in [1.82, 2.24) is 15.1 Å². The van der Waals surface area contributed by atoms with Gasteiger partial charge in [0.05, 0.1) is 17.1 Å². The third-order valence-corrected chi connectivity index (χ3v) is 4.83. The van der Waals surface area contributed by atoms with Crippen molar-refractivity contribution >= 4 is 11.7 Å². The van der Waals surface area contributed by atoms with Gasteiger partial charge in [-0.15, -0.1) is 0 Å². The zero-order valence-corrected chi connectivity index (χ0v) is 14.3. The molecule has 3 rings (SSSR count). The Morgan fingerprint density at radius 3 is 2.92 bits per heavy atom. The van der Waals surface area contributed by atoms with Crippen LogP contribution in [-0.4, -0.2) is 33.2 Å². The lowest BCUT2D eigenvalue weighted by Crippen LogP contribution is -2.48. The van der Waals surface area contributed by atoms with Gasteiger partial charge in [-0.2, -0.15) is 5.10 Å². The minimum absolute atomic E-state index is 0.126. The van der Waals surface area contributed by atoms with Crippen molar-refractivity contribution < 1.29 is 9.18 Å². The van der Waals surface area contributed by atoms with E-state index in [4.69, 9.17) is 0 Å². The molecule has 1 fully saturated rings. The molecule has 2 amide bonds. The first kappa shape index (κ1) is 16.5. The summed E-state index contributed by atoms with van der Waals surface area (Å²) < 4.78 is 13.5. The molecule has 24 heavy (non-hydrogen) atoms. The van der Waals surface area contributed by atoms with Crippen molar-refractivity contribution in [3.05, 3.63) is 47.0 Å². The molecule has 0 spiro atoms. The number of nitrogens with zero attached hydrogens (tertiary/aromatic N) is 2. The van der Waals surface area contributed by atoms with Crippen molar-refractivity contribution in [3.8, 4) is 0 Å². The topological polar surface area (TPSA) is 61.0 Å². The average molecular weight is 330 g/mol. The number of hydrogen-bond acceptors (Lipinski definition) is 2. The molecule has 1 aliphatic heterocycles. The number of benzene rings is 1. The number of aromatic nitrogens is 2. The highest BCUT2D eigenvalue weighted by Crippen LogP contribution is 2.33. The highest BCUT2D eigenvalue weighted by molar-refractivity contribution is 5.91. The maximum absolute atomic E-state index is 13.5. The summed E-state index contributed by atoms with van der Waals surface area (Å²) in [5.74, 6) is -0.241. The molecule has 2 N–H and O–H groups in total. The van der Waals surface area contributed by atoms with E-state index < -0.39 is 0 Å². The SMILES string of the molecule is Cc1n[nH]c(C)c1NC(=O)N1CCCC1(C)Cc1cccc(F)c1. The Balaban J connectivity index is 1.78. The van der Waals surface area contributed by atoms with Crippen LogP contribution < -0.4 is 5.32 Å². The van der Waals surface area contributed by atoms with Crippen molar-refractivity contribution in [3.63, 3.8) is 0 Å². The van der Waals surface area contributed by atoms with Crippen LogP contribution in [0.4, 0.5) is 14.9 Å². The number of carbonyl (C=O) groups excluding carboxylic acids is 1. The molecule has 5 nitrogen and oxygen atoms in total. The average Bonchev–Trinajstić information content (AvgIpc) is 3.04. The second-order valence-corrected chi connectivity index (χ2v) is 6.80. The summed E-state index contributed by atoms with van der Waals surface area (Å²) in [4.78, 5) is 14.7. The molecule has 1 aromatic heterocycles. The molecule has 1 aromatic carbocycles. The largest absolute Gasteiger partial charge is 0.322 e. The highest BCUT2D eigenvalue weighted by atomic mass is 19.1. The number of H-pyrrole nitrogens is 1. The Kier molecular flexibility index (Phi) is 4.30. The molecule has 2 heterocycles. The molecule has 2 aromatic rings. The number of carbonyl (C=O) groups is 1. The van der Waals surface area contributed by atoms with E-state index in [2.05, 4.69) is 22.4 Å². The van der Waals surface area contributed by atoms with E-state index in [9.17, 15) is 9.18 Å². The maximum atomic E-state index is 13.5. The second kappa shape index (κ2) is 6.26. The van der Waals surface area contributed by atoms with E-state index >= 15 is 0 Å². The fourth-order valence-electron chi connectivity index (χ4n) is 3.55. The number of rotatable bonds is 3. The molecular weight excluding hydrogens is 307 g/mol. The van der Waals surface area contributed by atoms with Crippen molar-refractivity contribution in [1.29, 1.82) is 0 Å². The molecule has 0 aliphatic carbocycles. The van der Waals surface area contributed by atoms with Crippen LogP contribution in [0, 0.1) is 19.7 Å². The van der Waals surface area contributed by atoms with Crippen LogP contribution in [0.2, 0.25) is 0 Å². The van der Waals surface area contributed by atoms with Gasteiger partial charge < -0.3 is 10.2 Å². The molecule has 1 aliphatic rings. The number of aryl methyl sites for hydroxylation is 2. The summed E-state index contributed by atoms with van der Waals surface area (Å²) in [5.41, 5.74) is 2.94. The lowest BCUT2D eigenvalue weighted by atomic mass is 9.90. The van der Waals surface area contributed by atoms with E-state index in [1.54, 1.807) is 12.1 Å². The monoisotopic (exact) mass is 330 g/mol. The number of amides is 2. The molecule has 1 atom stereocenters. The summed E-state index contributed by atoms with van der Waals surface area (Å²) in [6.07, 6.45) is 2.49. The third kappa shape index (κ3) is 3.13. The number of nitrogens with one attached hydrogen (secondary N) is 2. The van der Waals surface area contributed by atoms with Gasteiger partial charge in [0.2, 0.25) is 0 Å². The first-order valence-electron chi connectivity index (χ1n) is 8.24. The molecule has 0 radical (unpaired) electrons. The summed E-state index contributed by atoms with van der Waals surface area (Å²) >= 11 is 0. The number of hydrogen-bond donors (Lipinski definition) is 2. The molecule has 0 saturated carbocycles. The normalized spacial score (nSPS) is 20.4. The summed E-state index contributed by atoms with van der Waals surface area (Å²) in [7, 11) is 0. The second-order valence-electron chi connectivity index (χ2n) is 6.80. The van der Waals surface area contributed by atoms with E-state index in [0.29, 0.717) is 13.0 Å². The minimum Gasteiger partial charge on any atom is -0.319 e. The highest BCUT2D eigenvalue weighted by Gasteiger charge is 2.40. The van der Waals surface area contributed by atoms with Gasteiger partial charge in [0.15, 0.2) is 0 Å². The molecule has 128 valence electrons. The Bertz CT molecular complexity index is 738. The standard InChI is InChI=1S/C18H23FN4O/c1-12-16(13(2)22-21-12)20-17(24)23-9-5-8-18(23,3)11-14-6-4-7-15(19)10-14/h4,6-7,10H,5,8-9,11H2,1-3H3,(H,20,24)(H,21,22). The Morgan fingerprint density at radius 1 is 1.46 bits per heavy atom.